The van der Waals surface area contributed by atoms with E-state index < -0.39 is 6.04 Å². The molecule has 0 fully saturated rings. The lowest BCUT2D eigenvalue weighted by atomic mass is 10.1. The maximum absolute atomic E-state index is 12.0. The molecule has 0 saturated carbocycles. The predicted molar refractivity (Wildman–Crippen MR) is 84.7 cm³/mol. The Balaban J connectivity index is 1.83. The van der Waals surface area contributed by atoms with Gasteiger partial charge in [0, 0.05) is 18.0 Å². The summed E-state index contributed by atoms with van der Waals surface area (Å²) in [6.07, 6.45) is 1.59. The van der Waals surface area contributed by atoms with Crippen LogP contribution in [-0.4, -0.2) is 29.6 Å². The van der Waals surface area contributed by atoms with E-state index in [1.807, 2.05) is 6.07 Å². The smallest absolute Gasteiger partial charge is 0.251 e. The largest absolute Gasteiger partial charge is 0.467 e. The van der Waals surface area contributed by atoms with Crippen LogP contribution in [0.25, 0.3) is 0 Å². The van der Waals surface area contributed by atoms with Gasteiger partial charge in [-0.25, -0.2) is 0 Å². The van der Waals surface area contributed by atoms with Gasteiger partial charge in [-0.05, 0) is 31.2 Å². The van der Waals surface area contributed by atoms with Crippen LogP contribution >= 0.6 is 0 Å². The normalized spacial score (nSPS) is 13.1. The lowest BCUT2D eigenvalue weighted by Crippen LogP contribution is -2.38. The number of hydrogen-bond donors (Lipinski definition) is 3. The fourth-order valence-corrected chi connectivity index (χ4v) is 2.18. The Hall–Kier alpha value is -2.60. The van der Waals surface area contributed by atoms with Crippen molar-refractivity contribution in [2.45, 2.75) is 25.4 Å². The Bertz CT molecular complexity index is 625. The minimum atomic E-state index is -0.588. The number of furan rings is 1. The van der Waals surface area contributed by atoms with Gasteiger partial charge in [-0.2, -0.15) is 0 Å². The van der Waals surface area contributed by atoms with Crippen molar-refractivity contribution in [3.63, 3.8) is 0 Å². The van der Waals surface area contributed by atoms with Crippen LogP contribution in [0.4, 0.5) is 0 Å². The molecule has 1 aromatic heterocycles. The molecule has 2 aromatic rings. The standard InChI is InChI=1S/C17H20N2O4/c1-12(18-17(22)13-6-3-2-4-7-13)10-16(21)19-14(11-20)15-8-5-9-23-15/h2-9,12,14,20H,10-11H2,1H3,(H,18,22)(H,19,21). The second-order valence-electron chi connectivity index (χ2n) is 5.26. The molecule has 2 rings (SSSR count). The van der Waals surface area contributed by atoms with Crippen LogP contribution in [0, 0.1) is 0 Å². The number of carbonyl (C=O) groups is 2. The summed E-state index contributed by atoms with van der Waals surface area (Å²) in [6.45, 7) is 1.49. The van der Waals surface area contributed by atoms with Crippen LogP contribution in [0.3, 0.4) is 0 Å². The highest BCUT2D eigenvalue weighted by Gasteiger charge is 2.18. The lowest BCUT2D eigenvalue weighted by Gasteiger charge is -2.17. The van der Waals surface area contributed by atoms with Gasteiger partial charge in [0.2, 0.25) is 5.91 Å². The van der Waals surface area contributed by atoms with E-state index in [1.165, 1.54) is 6.26 Å². The second-order valence-corrected chi connectivity index (χ2v) is 5.26. The summed E-state index contributed by atoms with van der Waals surface area (Å²) in [7, 11) is 0. The quantitative estimate of drug-likeness (QED) is 0.724. The van der Waals surface area contributed by atoms with Gasteiger partial charge in [0.05, 0.1) is 12.9 Å². The van der Waals surface area contributed by atoms with E-state index in [9.17, 15) is 14.7 Å². The summed E-state index contributed by atoms with van der Waals surface area (Å²) in [5.41, 5.74) is 0.545. The van der Waals surface area contributed by atoms with Crippen LogP contribution in [-0.2, 0) is 4.79 Å². The molecule has 6 heteroatoms. The molecular weight excluding hydrogens is 296 g/mol. The fraction of sp³-hybridized carbons (Fsp3) is 0.294. The number of rotatable bonds is 7. The Morgan fingerprint density at radius 3 is 2.48 bits per heavy atom. The van der Waals surface area contributed by atoms with Crippen molar-refractivity contribution in [1.82, 2.24) is 10.6 Å². The summed E-state index contributed by atoms with van der Waals surface area (Å²) in [5.74, 6) is -0.0150. The fourth-order valence-electron chi connectivity index (χ4n) is 2.18. The number of amides is 2. The maximum atomic E-state index is 12.0. The molecule has 122 valence electrons. The summed E-state index contributed by atoms with van der Waals surface area (Å²) < 4.78 is 5.17. The SMILES string of the molecule is CC(CC(=O)NC(CO)c1ccco1)NC(=O)c1ccccc1. The molecule has 0 aliphatic rings. The van der Waals surface area contributed by atoms with Crippen LogP contribution in [0.5, 0.6) is 0 Å². The molecule has 23 heavy (non-hydrogen) atoms. The third-order valence-electron chi connectivity index (χ3n) is 3.31. The number of aliphatic hydroxyl groups excluding tert-OH is 1. The van der Waals surface area contributed by atoms with Gasteiger partial charge in [0.1, 0.15) is 11.8 Å². The molecule has 2 amide bonds. The van der Waals surface area contributed by atoms with Gasteiger partial charge < -0.3 is 20.2 Å². The van der Waals surface area contributed by atoms with Crippen molar-refractivity contribution >= 4 is 11.8 Å². The summed E-state index contributed by atoms with van der Waals surface area (Å²) >= 11 is 0. The molecule has 0 saturated heterocycles. The molecule has 1 aromatic carbocycles. The zero-order valence-corrected chi connectivity index (χ0v) is 12.9. The minimum absolute atomic E-state index is 0.107. The Morgan fingerprint density at radius 1 is 1.13 bits per heavy atom. The van der Waals surface area contributed by atoms with E-state index in [2.05, 4.69) is 10.6 Å². The van der Waals surface area contributed by atoms with Gasteiger partial charge in [0.25, 0.3) is 5.91 Å². The van der Waals surface area contributed by atoms with Crippen molar-refractivity contribution in [2.75, 3.05) is 6.61 Å². The molecule has 0 aliphatic heterocycles. The van der Waals surface area contributed by atoms with Crippen molar-refractivity contribution in [2.24, 2.45) is 0 Å². The van der Waals surface area contributed by atoms with E-state index in [1.54, 1.807) is 43.3 Å². The highest BCUT2D eigenvalue weighted by molar-refractivity contribution is 5.94. The van der Waals surface area contributed by atoms with Crippen LogP contribution in [0.2, 0.25) is 0 Å². The van der Waals surface area contributed by atoms with Gasteiger partial charge in [-0.1, -0.05) is 18.2 Å². The monoisotopic (exact) mass is 316 g/mol. The second kappa shape index (κ2) is 8.14. The topological polar surface area (TPSA) is 91.6 Å². The summed E-state index contributed by atoms with van der Waals surface area (Å²) in [4.78, 5) is 24.0. The summed E-state index contributed by atoms with van der Waals surface area (Å²) in [6, 6.07) is 11.3. The van der Waals surface area contributed by atoms with E-state index in [4.69, 9.17) is 4.42 Å². The molecule has 1 heterocycles. The Labute approximate surface area is 134 Å². The molecule has 0 radical (unpaired) electrons. The molecular formula is C17H20N2O4. The average Bonchev–Trinajstić information content (AvgIpc) is 3.07. The zero-order valence-electron chi connectivity index (χ0n) is 12.9. The molecule has 0 spiro atoms. The molecule has 2 unspecified atom stereocenters. The van der Waals surface area contributed by atoms with E-state index >= 15 is 0 Å². The van der Waals surface area contributed by atoms with Crippen LogP contribution < -0.4 is 10.6 Å². The first-order valence-corrected chi connectivity index (χ1v) is 7.39. The first kappa shape index (κ1) is 16.8. The van der Waals surface area contributed by atoms with Crippen molar-refractivity contribution < 1.29 is 19.1 Å². The molecule has 0 aliphatic carbocycles. The first-order chi connectivity index (χ1) is 11.1. The number of carbonyl (C=O) groups excluding carboxylic acids is 2. The van der Waals surface area contributed by atoms with Crippen molar-refractivity contribution in [1.29, 1.82) is 0 Å². The predicted octanol–water partition coefficient (Wildman–Crippen LogP) is 1.64. The average molecular weight is 316 g/mol. The van der Waals surface area contributed by atoms with Gasteiger partial charge >= 0.3 is 0 Å². The van der Waals surface area contributed by atoms with E-state index in [-0.39, 0.29) is 30.9 Å². The van der Waals surface area contributed by atoms with Gasteiger partial charge in [-0.15, -0.1) is 0 Å². The highest BCUT2D eigenvalue weighted by Crippen LogP contribution is 2.13. The Morgan fingerprint density at radius 2 is 1.87 bits per heavy atom. The third kappa shape index (κ3) is 4.96. The van der Waals surface area contributed by atoms with Crippen molar-refractivity contribution in [3.05, 3.63) is 60.1 Å². The van der Waals surface area contributed by atoms with Gasteiger partial charge in [0.15, 0.2) is 0 Å². The summed E-state index contributed by atoms with van der Waals surface area (Å²) in [5, 5.41) is 14.8. The first-order valence-electron chi connectivity index (χ1n) is 7.39. The third-order valence-corrected chi connectivity index (χ3v) is 3.31. The highest BCUT2D eigenvalue weighted by atomic mass is 16.3. The minimum Gasteiger partial charge on any atom is -0.467 e. The molecule has 6 nitrogen and oxygen atoms in total. The maximum Gasteiger partial charge on any atom is 0.251 e. The molecule has 3 N–H and O–H groups in total. The van der Waals surface area contributed by atoms with Crippen LogP contribution in [0.15, 0.2) is 53.1 Å². The number of nitrogens with one attached hydrogen (secondary N) is 2. The number of aliphatic hydroxyl groups is 1. The molecule has 0 bridgehead atoms. The Kier molecular flexibility index (Phi) is 5.94. The van der Waals surface area contributed by atoms with E-state index in [0.29, 0.717) is 11.3 Å². The number of hydrogen-bond acceptors (Lipinski definition) is 4. The lowest BCUT2D eigenvalue weighted by molar-refractivity contribution is -0.122. The van der Waals surface area contributed by atoms with E-state index in [0.717, 1.165) is 0 Å². The molecule has 2 atom stereocenters. The van der Waals surface area contributed by atoms with Crippen molar-refractivity contribution in [3.8, 4) is 0 Å². The number of benzene rings is 1. The van der Waals surface area contributed by atoms with Gasteiger partial charge in [-0.3, -0.25) is 9.59 Å². The zero-order chi connectivity index (χ0) is 16.7. The van der Waals surface area contributed by atoms with Crippen LogP contribution in [0.1, 0.15) is 35.5 Å².